The van der Waals surface area contributed by atoms with Crippen molar-refractivity contribution < 1.29 is 14.3 Å². The summed E-state index contributed by atoms with van der Waals surface area (Å²) in [6.45, 7) is 6.57. The van der Waals surface area contributed by atoms with Gasteiger partial charge < -0.3 is 15.4 Å². The Labute approximate surface area is 164 Å². The second-order valence-corrected chi connectivity index (χ2v) is 7.03. The third-order valence-electron chi connectivity index (χ3n) is 3.99. The van der Waals surface area contributed by atoms with Crippen molar-refractivity contribution in [1.82, 2.24) is 10.3 Å². The molecule has 144 valence electrons. The molecule has 6 nitrogen and oxygen atoms in total. The van der Waals surface area contributed by atoms with Gasteiger partial charge in [-0.25, -0.2) is 0 Å². The van der Waals surface area contributed by atoms with E-state index < -0.39 is 0 Å². The fourth-order valence-corrected chi connectivity index (χ4v) is 2.54. The molecule has 27 heavy (non-hydrogen) atoms. The first-order valence-corrected chi connectivity index (χ1v) is 9.09. The van der Waals surface area contributed by atoms with Crippen molar-refractivity contribution in [1.29, 1.82) is 0 Å². The lowest BCUT2D eigenvalue weighted by atomic mass is 10.1. The molecule has 0 bridgehead atoms. The van der Waals surface area contributed by atoms with Crippen LogP contribution in [0.1, 0.15) is 46.7 Å². The van der Waals surface area contributed by atoms with Crippen LogP contribution in [0.3, 0.4) is 0 Å². The van der Waals surface area contributed by atoms with E-state index in [1.54, 1.807) is 18.2 Å². The Kier molecular flexibility index (Phi) is 7.19. The van der Waals surface area contributed by atoms with Crippen LogP contribution in [-0.2, 0) is 0 Å². The second-order valence-electron chi connectivity index (χ2n) is 6.62. The zero-order chi connectivity index (χ0) is 20.0. The molecule has 2 rings (SSSR count). The normalized spacial score (nSPS) is 10.6. The lowest BCUT2D eigenvalue weighted by Crippen LogP contribution is -2.26. The maximum atomic E-state index is 12.6. The van der Waals surface area contributed by atoms with Crippen LogP contribution in [0.2, 0.25) is 5.02 Å². The first kappa shape index (κ1) is 20.7. The van der Waals surface area contributed by atoms with Gasteiger partial charge in [0.2, 0.25) is 0 Å². The molecule has 2 amide bonds. The van der Waals surface area contributed by atoms with Crippen LogP contribution in [0, 0.1) is 12.8 Å². The standard InChI is InChI=1S/C20H24ClN3O3/c1-12(2)5-7-23-20(26)17-10-14(6-8-22-17)19(25)24-16-9-13(3)15(21)11-18(16)27-4/h6,8-12H,5,7H2,1-4H3,(H,23,26)(H,24,25). The summed E-state index contributed by atoms with van der Waals surface area (Å²) in [4.78, 5) is 28.9. The number of anilines is 1. The minimum atomic E-state index is -0.367. The first-order chi connectivity index (χ1) is 12.8. The van der Waals surface area contributed by atoms with Gasteiger partial charge in [-0.3, -0.25) is 14.6 Å². The molecule has 7 heteroatoms. The van der Waals surface area contributed by atoms with Gasteiger partial charge in [0.25, 0.3) is 11.8 Å². The molecule has 1 aromatic heterocycles. The lowest BCUT2D eigenvalue weighted by Gasteiger charge is -2.12. The number of benzene rings is 1. The van der Waals surface area contributed by atoms with E-state index in [4.69, 9.17) is 16.3 Å². The average Bonchev–Trinajstić information content (AvgIpc) is 2.64. The minimum absolute atomic E-state index is 0.200. The Morgan fingerprint density at radius 3 is 2.63 bits per heavy atom. The molecule has 2 N–H and O–H groups in total. The monoisotopic (exact) mass is 389 g/mol. The van der Waals surface area contributed by atoms with Crippen molar-refractivity contribution >= 4 is 29.1 Å². The van der Waals surface area contributed by atoms with E-state index in [-0.39, 0.29) is 17.5 Å². The van der Waals surface area contributed by atoms with Crippen molar-refractivity contribution in [3.8, 4) is 5.75 Å². The number of ether oxygens (including phenoxy) is 1. The van der Waals surface area contributed by atoms with Crippen molar-refractivity contribution in [3.63, 3.8) is 0 Å². The highest BCUT2D eigenvalue weighted by molar-refractivity contribution is 6.31. The predicted octanol–water partition coefficient (Wildman–Crippen LogP) is 4.08. The number of pyridine rings is 1. The molecular formula is C20H24ClN3O3. The first-order valence-electron chi connectivity index (χ1n) is 8.71. The second kappa shape index (κ2) is 9.37. The van der Waals surface area contributed by atoms with Crippen LogP contribution < -0.4 is 15.4 Å². The Morgan fingerprint density at radius 2 is 1.96 bits per heavy atom. The molecule has 0 unspecified atom stereocenters. The molecule has 1 aromatic carbocycles. The molecule has 1 heterocycles. The van der Waals surface area contributed by atoms with Crippen LogP contribution in [-0.4, -0.2) is 30.5 Å². The summed E-state index contributed by atoms with van der Waals surface area (Å²) in [5.41, 5.74) is 1.84. The maximum Gasteiger partial charge on any atom is 0.269 e. The van der Waals surface area contributed by atoms with E-state index in [1.807, 2.05) is 6.92 Å². The quantitative estimate of drug-likeness (QED) is 0.747. The number of carbonyl (C=O) groups is 2. The molecule has 0 fully saturated rings. The lowest BCUT2D eigenvalue weighted by molar-refractivity contribution is 0.0947. The molecule has 0 saturated carbocycles. The Hall–Kier alpha value is -2.60. The zero-order valence-electron chi connectivity index (χ0n) is 15.9. The van der Waals surface area contributed by atoms with Gasteiger partial charge in [-0.1, -0.05) is 25.4 Å². The number of rotatable bonds is 7. The van der Waals surface area contributed by atoms with E-state index >= 15 is 0 Å². The number of nitrogens with one attached hydrogen (secondary N) is 2. The minimum Gasteiger partial charge on any atom is -0.495 e. The van der Waals surface area contributed by atoms with Crippen molar-refractivity contribution in [2.75, 3.05) is 19.0 Å². The number of halogens is 1. The number of aromatic nitrogens is 1. The summed E-state index contributed by atoms with van der Waals surface area (Å²) < 4.78 is 5.27. The summed E-state index contributed by atoms with van der Waals surface area (Å²) >= 11 is 6.09. The summed E-state index contributed by atoms with van der Waals surface area (Å²) in [7, 11) is 1.50. The van der Waals surface area contributed by atoms with Crippen molar-refractivity contribution in [2.45, 2.75) is 27.2 Å². The molecule has 0 aliphatic rings. The highest BCUT2D eigenvalue weighted by Gasteiger charge is 2.15. The molecule has 0 saturated heterocycles. The molecule has 0 spiro atoms. The summed E-state index contributed by atoms with van der Waals surface area (Å²) in [5.74, 6) is 0.284. The van der Waals surface area contributed by atoms with E-state index in [0.717, 1.165) is 12.0 Å². The van der Waals surface area contributed by atoms with Crippen LogP contribution in [0.4, 0.5) is 5.69 Å². The molecule has 0 aliphatic heterocycles. The SMILES string of the molecule is COc1cc(Cl)c(C)cc1NC(=O)c1ccnc(C(=O)NCCC(C)C)c1. The van der Waals surface area contributed by atoms with Gasteiger partial charge >= 0.3 is 0 Å². The van der Waals surface area contributed by atoms with E-state index in [9.17, 15) is 9.59 Å². The smallest absolute Gasteiger partial charge is 0.269 e. The number of aryl methyl sites for hydroxylation is 1. The van der Waals surface area contributed by atoms with Gasteiger partial charge in [-0.05, 0) is 43.0 Å². The van der Waals surface area contributed by atoms with Crippen LogP contribution in [0.25, 0.3) is 0 Å². The van der Waals surface area contributed by atoms with Crippen molar-refractivity contribution in [3.05, 3.63) is 52.3 Å². The van der Waals surface area contributed by atoms with Crippen LogP contribution in [0.5, 0.6) is 5.75 Å². The van der Waals surface area contributed by atoms with E-state index in [2.05, 4.69) is 29.5 Å². The largest absolute Gasteiger partial charge is 0.495 e. The van der Waals surface area contributed by atoms with E-state index in [0.29, 0.717) is 34.5 Å². The number of hydrogen-bond donors (Lipinski definition) is 2. The molecular weight excluding hydrogens is 366 g/mol. The Bertz CT molecular complexity index is 837. The van der Waals surface area contributed by atoms with Gasteiger partial charge in [-0.2, -0.15) is 0 Å². The third kappa shape index (κ3) is 5.69. The zero-order valence-corrected chi connectivity index (χ0v) is 16.7. The number of methoxy groups -OCH3 is 1. The highest BCUT2D eigenvalue weighted by atomic mass is 35.5. The summed E-state index contributed by atoms with van der Waals surface area (Å²) in [5, 5.41) is 6.15. The van der Waals surface area contributed by atoms with Gasteiger partial charge in [0.05, 0.1) is 12.8 Å². The number of carbonyl (C=O) groups excluding carboxylic acids is 2. The average molecular weight is 390 g/mol. The molecule has 0 aliphatic carbocycles. The van der Waals surface area contributed by atoms with Gasteiger partial charge in [0, 0.05) is 29.4 Å². The molecule has 2 aromatic rings. The topological polar surface area (TPSA) is 80.3 Å². The fourth-order valence-electron chi connectivity index (χ4n) is 2.39. The molecule has 0 atom stereocenters. The summed E-state index contributed by atoms with van der Waals surface area (Å²) in [6, 6.07) is 6.40. The molecule has 0 radical (unpaired) electrons. The highest BCUT2D eigenvalue weighted by Crippen LogP contribution is 2.31. The van der Waals surface area contributed by atoms with Crippen molar-refractivity contribution in [2.24, 2.45) is 5.92 Å². The number of amides is 2. The van der Waals surface area contributed by atoms with Gasteiger partial charge in [-0.15, -0.1) is 0 Å². The predicted molar refractivity (Wildman–Crippen MR) is 107 cm³/mol. The summed E-state index contributed by atoms with van der Waals surface area (Å²) in [6.07, 6.45) is 2.32. The fraction of sp³-hybridized carbons (Fsp3) is 0.350. The maximum absolute atomic E-state index is 12.6. The Morgan fingerprint density at radius 1 is 1.22 bits per heavy atom. The van der Waals surface area contributed by atoms with Crippen LogP contribution in [0.15, 0.2) is 30.5 Å². The van der Waals surface area contributed by atoms with Gasteiger partial charge in [0.1, 0.15) is 11.4 Å². The number of nitrogens with zero attached hydrogens (tertiary/aromatic N) is 1. The van der Waals surface area contributed by atoms with Gasteiger partial charge in [0.15, 0.2) is 0 Å². The van der Waals surface area contributed by atoms with E-state index in [1.165, 1.54) is 19.4 Å². The van der Waals surface area contributed by atoms with Crippen LogP contribution >= 0.6 is 11.6 Å². The number of hydrogen-bond acceptors (Lipinski definition) is 4. The third-order valence-corrected chi connectivity index (χ3v) is 4.40. The Balaban J connectivity index is 2.14.